The molecule has 0 aliphatic heterocycles. The van der Waals surface area contributed by atoms with Gasteiger partial charge in [0, 0.05) is 0 Å². The zero-order valence-electron chi connectivity index (χ0n) is 25.6. The van der Waals surface area contributed by atoms with E-state index in [4.69, 9.17) is 8.37 Å². The lowest BCUT2D eigenvalue weighted by molar-refractivity contribution is -0.156. The Morgan fingerprint density at radius 1 is 0.780 bits per heavy atom. The van der Waals surface area contributed by atoms with Crippen LogP contribution in [-0.4, -0.2) is 60.6 Å². The van der Waals surface area contributed by atoms with Crippen LogP contribution in [0.5, 0.6) is 0 Å². The molecule has 4 N–H and O–H groups in total. The molecule has 4 rings (SSSR count). The molecule has 4 aliphatic rings. The number of hydrogen-bond donors (Lipinski definition) is 4. The van der Waals surface area contributed by atoms with E-state index in [-0.39, 0.29) is 58.7 Å². The van der Waals surface area contributed by atoms with Gasteiger partial charge in [-0.2, -0.15) is 16.8 Å². The molecule has 0 bridgehead atoms. The van der Waals surface area contributed by atoms with Crippen molar-refractivity contribution in [2.75, 3.05) is 0 Å². The second kappa shape index (κ2) is 11.2. The Kier molecular flexibility index (Phi) is 9.19. The van der Waals surface area contributed by atoms with Gasteiger partial charge in [-0.25, -0.2) is 8.37 Å². The third-order valence-corrected chi connectivity index (χ3v) is 13.6. The first-order valence-corrected chi connectivity index (χ1v) is 18.0. The number of rotatable bonds is 8. The Morgan fingerprint density at radius 2 is 1.34 bits per heavy atom. The van der Waals surface area contributed by atoms with Crippen molar-refractivity contribution in [1.82, 2.24) is 0 Å². The van der Waals surface area contributed by atoms with Gasteiger partial charge < -0.3 is 10.2 Å². The lowest BCUT2D eigenvalue weighted by atomic mass is 9.44. The van der Waals surface area contributed by atoms with Crippen molar-refractivity contribution in [1.29, 1.82) is 0 Å². The number of hydrogen-bond acceptors (Lipinski definition) is 8. The molecule has 240 valence electrons. The number of aliphatic hydroxyl groups excluding tert-OH is 2. The highest BCUT2D eigenvalue weighted by atomic mass is 32.3. The lowest BCUT2D eigenvalue weighted by Gasteiger charge is -2.62. The average molecular weight is 625 g/mol. The van der Waals surface area contributed by atoms with E-state index < -0.39 is 45.2 Å². The first kappa shape index (κ1) is 33.6. The molecule has 0 aromatic carbocycles. The molecule has 4 saturated carbocycles. The van der Waals surface area contributed by atoms with Crippen molar-refractivity contribution in [2.24, 2.45) is 57.7 Å². The summed E-state index contributed by atoms with van der Waals surface area (Å²) < 4.78 is 75.0. The van der Waals surface area contributed by atoms with Crippen LogP contribution >= 0.6 is 0 Å². The Labute approximate surface area is 246 Å². The third kappa shape index (κ3) is 6.55. The molecule has 4 fully saturated rings. The molecule has 12 heteroatoms. The fourth-order valence-corrected chi connectivity index (χ4v) is 11.0. The van der Waals surface area contributed by atoms with Crippen molar-refractivity contribution >= 4 is 20.8 Å². The molecule has 13 atom stereocenters. The van der Waals surface area contributed by atoms with Crippen LogP contribution in [-0.2, 0) is 29.2 Å². The van der Waals surface area contributed by atoms with Gasteiger partial charge in [-0.15, -0.1) is 0 Å². The summed E-state index contributed by atoms with van der Waals surface area (Å²) in [6, 6.07) is 0. The molecular formula is C29H52O10S2. The molecule has 0 heterocycles. The summed E-state index contributed by atoms with van der Waals surface area (Å²) in [4.78, 5) is 0. The number of fused-ring (bicyclic) bond motifs is 5. The van der Waals surface area contributed by atoms with Gasteiger partial charge in [-0.05, 0) is 109 Å². The van der Waals surface area contributed by atoms with Gasteiger partial charge in [0.1, 0.15) is 12.2 Å². The SMILES string of the molecule is C[C@H]([C@@H](O)[C@H](O)[C@@H](C)C(C)(C)C)[C@H]1CC[C@H]2[C@@H]3CC[C@H]4C[C@H](OS(=O)(=O)O)[C@@H](OS(=O)(=O)O)C[C@]4(C)[C@H]3CC[C@]12C. The smallest absolute Gasteiger partial charge is 0.390 e. The van der Waals surface area contributed by atoms with Crippen LogP contribution in [0.25, 0.3) is 0 Å². The highest BCUT2D eigenvalue weighted by molar-refractivity contribution is 7.81. The zero-order chi connectivity index (χ0) is 30.9. The second-order valence-electron chi connectivity index (χ2n) is 15.4. The van der Waals surface area contributed by atoms with E-state index in [0.717, 1.165) is 38.5 Å². The van der Waals surface area contributed by atoms with E-state index in [1.807, 2.05) is 6.92 Å². The van der Waals surface area contributed by atoms with Crippen LogP contribution in [0.1, 0.15) is 99.8 Å². The van der Waals surface area contributed by atoms with Crippen molar-refractivity contribution in [3.05, 3.63) is 0 Å². The Hall–Kier alpha value is -0.340. The normalized spacial score (nSPS) is 42.9. The van der Waals surface area contributed by atoms with E-state index in [1.54, 1.807) is 0 Å². The lowest BCUT2D eigenvalue weighted by Crippen LogP contribution is -2.58. The van der Waals surface area contributed by atoms with Gasteiger partial charge in [-0.1, -0.05) is 48.5 Å². The maximum absolute atomic E-state index is 11.7. The summed E-state index contributed by atoms with van der Waals surface area (Å²) in [7, 11) is -9.73. The standard InChI is InChI=1S/C29H52O10S2/c1-16(25(30)26(31)17(2)27(3,4)5)20-10-11-21-19-9-8-18-14-23(38-40(32,33)34)24(39-41(35,36)37)15-29(18,7)22(19)12-13-28(20,21)6/h16-26,30-31H,8-15H2,1-7H3,(H,32,33,34)(H,35,36,37)/t16-,17+,18-,19-,20+,21-,22-,23-,24-,25+,26+,28+,29-/m0/s1. The highest BCUT2D eigenvalue weighted by Gasteiger charge is 2.63. The quantitative estimate of drug-likeness (QED) is 0.279. The van der Waals surface area contributed by atoms with Gasteiger partial charge in [0.25, 0.3) is 0 Å². The van der Waals surface area contributed by atoms with Crippen LogP contribution in [0.3, 0.4) is 0 Å². The van der Waals surface area contributed by atoms with Crippen molar-refractivity contribution in [3.63, 3.8) is 0 Å². The Bertz CT molecular complexity index is 1170. The summed E-state index contributed by atoms with van der Waals surface area (Å²) >= 11 is 0. The van der Waals surface area contributed by atoms with Gasteiger partial charge >= 0.3 is 20.8 Å². The monoisotopic (exact) mass is 624 g/mol. The molecule has 0 spiro atoms. The highest BCUT2D eigenvalue weighted by Crippen LogP contribution is 2.68. The summed E-state index contributed by atoms with van der Waals surface area (Å²) in [5.41, 5.74) is -0.484. The van der Waals surface area contributed by atoms with Crippen molar-refractivity contribution in [2.45, 2.75) is 124 Å². The maximum atomic E-state index is 11.7. The first-order valence-electron chi connectivity index (χ1n) is 15.3. The minimum absolute atomic E-state index is 0.00503. The molecule has 10 nitrogen and oxygen atoms in total. The topological polar surface area (TPSA) is 168 Å². The fourth-order valence-electron chi connectivity index (χ4n) is 10.0. The van der Waals surface area contributed by atoms with Crippen molar-refractivity contribution in [3.8, 4) is 0 Å². The van der Waals surface area contributed by atoms with Crippen LogP contribution in [0.4, 0.5) is 0 Å². The average Bonchev–Trinajstić information content (AvgIpc) is 3.17. The van der Waals surface area contributed by atoms with Crippen LogP contribution < -0.4 is 0 Å². The van der Waals surface area contributed by atoms with Gasteiger partial charge in [0.15, 0.2) is 0 Å². The first-order chi connectivity index (χ1) is 18.6. The van der Waals surface area contributed by atoms with Crippen LogP contribution in [0, 0.1) is 57.7 Å². The van der Waals surface area contributed by atoms with Crippen LogP contribution in [0.15, 0.2) is 0 Å². The molecule has 0 aromatic rings. The van der Waals surface area contributed by atoms with E-state index in [0.29, 0.717) is 11.8 Å². The van der Waals surface area contributed by atoms with E-state index >= 15 is 0 Å². The fraction of sp³-hybridized carbons (Fsp3) is 1.00. The van der Waals surface area contributed by atoms with E-state index in [1.165, 1.54) is 0 Å². The van der Waals surface area contributed by atoms with E-state index in [9.17, 15) is 36.2 Å². The number of aliphatic hydroxyl groups is 2. The summed E-state index contributed by atoms with van der Waals surface area (Å²) in [5, 5.41) is 22.4. The predicted molar refractivity (Wildman–Crippen MR) is 153 cm³/mol. The molecular weight excluding hydrogens is 572 g/mol. The van der Waals surface area contributed by atoms with E-state index in [2.05, 4.69) is 41.5 Å². The van der Waals surface area contributed by atoms with Gasteiger partial charge in [0.05, 0.1) is 12.2 Å². The predicted octanol–water partition coefficient (Wildman–Crippen LogP) is 4.67. The maximum Gasteiger partial charge on any atom is 0.397 e. The largest absolute Gasteiger partial charge is 0.397 e. The third-order valence-electron chi connectivity index (χ3n) is 12.6. The van der Waals surface area contributed by atoms with Gasteiger partial charge in [0.2, 0.25) is 0 Å². The Balaban J connectivity index is 1.55. The minimum atomic E-state index is -4.88. The van der Waals surface area contributed by atoms with Crippen molar-refractivity contribution < 1.29 is 44.5 Å². The zero-order valence-corrected chi connectivity index (χ0v) is 27.2. The molecule has 0 amide bonds. The molecule has 0 saturated heterocycles. The second-order valence-corrected chi connectivity index (χ2v) is 17.5. The minimum Gasteiger partial charge on any atom is -0.390 e. The molecule has 0 radical (unpaired) electrons. The molecule has 4 aliphatic carbocycles. The summed E-state index contributed by atoms with van der Waals surface area (Å²) in [5.74, 6) is 1.25. The summed E-state index contributed by atoms with van der Waals surface area (Å²) in [6.07, 6.45) is 1.98. The summed E-state index contributed by atoms with van der Waals surface area (Å²) in [6.45, 7) is 14.8. The molecule has 0 aromatic heterocycles. The molecule has 0 unspecified atom stereocenters. The molecule has 41 heavy (non-hydrogen) atoms. The Morgan fingerprint density at radius 3 is 1.90 bits per heavy atom. The van der Waals surface area contributed by atoms with Crippen LogP contribution in [0.2, 0.25) is 0 Å². The van der Waals surface area contributed by atoms with Gasteiger partial charge in [-0.3, -0.25) is 9.11 Å².